The Morgan fingerprint density at radius 2 is 1.33 bits per heavy atom. The fourth-order valence-corrected chi connectivity index (χ4v) is 5.54. The van der Waals surface area contributed by atoms with E-state index in [0.29, 0.717) is 0 Å². The summed E-state index contributed by atoms with van der Waals surface area (Å²) in [5.74, 6) is 0. The van der Waals surface area contributed by atoms with Crippen molar-refractivity contribution in [3.8, 4) is 0 Å². The molecule has 0 spiro atoms. The molecule has 3 aromatic carbocycles. The van der Waals surface area contributed by atoms with Crippen LogP contribution in [0.1, 0.15) is 18.3 Å². The Hall–Kier alpha value is -1.86. The zero-order chi connectivity index (χ0) is 16.2. The third kappa shape index (κ3) is 3.18. The summed E-state index contributed by atoms with van der Waals surface area (Å²) in [5.41, 5.74) is 1.17. The minimum Gasteiger partial charge on any atom is -0.359 e. The van der Waals surface area contributed by atoms with Crippen molar-refractivity contribution in [1.82, 2.24) is 0 Å². The molecule has 2 nitrogen and oxygen atoms in total. The van der Waals surface area contributed by atoms with Gasteiger partial charge in [0.25, 0.3) is 0 Å². The number of hydrogen-bond acceptors (Lipinski definition) is 2. The van der Waals surface area contributed by atoms with E-state index >= 15 is 0 Å². The van der Waals surface area contributed by atoms with Gasteiger partial charge in [0.2, 0.25) is 0 Å². The van der Waals surface area contributed by atoms with Crippen molar-refractivity contribution in [3.63, 3.8) is 0 Å². The van der Waals surface area contributed by atoms with Gasteiger partial charge in [0.15, 0.2) is 0 Å². The van der Waals surface area contributed by atoms with Crippen LogP contribution in [0.25, 0.3) is 0 Å². The van der Waals surface area contributed by atoms with Crippen molar-refractivity contribution in [3.05, 3.63) is 84.4 Å². The molecule has 0 bridgehead atoms. The van der Waals surface area contributed by atoms with Crippen molar-refractivity contribution >= 4 is 23.8 Å². The fourth-order valence-electron chi connectivity index (χ4n) is 3.08. The van der Waals surface area contributed by atoms with E-state index in [1.165, 1.54) is 21.5 Å². The molecule has 3 aromatic rings. The number of hydrogen-bond donors (Lipinski definition) is 0. The molecule has 1 fully saturated rings. The predicted octanol–water partition coefficient (Wildman–Crippen LogP) is 3.60. The molecule has 0 aliphatic carbocycles. The maximum Gasteiger partial charge on any atom is 0.138 e. The standard InChI is InChI=1S/C21H20O2P/c1-3-9-17(10-4-1)24(18-11-5-2-6-12-18)20-14-7-13-19(20)21-22-15-8-16-23-21/h1-7,9-14,21H,8,15-16H2/q-1. The molecular weight excluding hydrogens is 315 g/mol. The van der Waals surface area contributed by atoms with Crippen LogP contribution in [0.3, 0.4) is 0 Å². The van der Waals surface area contributed by atoms with Crippen molar-refractivity contribution in [2.24, 2.45) is 0 Å². The molecule has 1 aliphatic heterocycles. The lowest BCUT2D eigenvalue weighted by Crippen LogP contribution is -2.26. The summed E-state index contributed by atoms with van der Waals surface area (Å²) in [4.78, 5) is 0. The summed E-state index contributed by atoms with van der Waals surface area (Å²) < 4.78 is 11.7. The number of rotatable bonds is 4. The number of benzene rings is 2. The normalized spacial score (nSPS) is 15.7. The lowest BCUT2D eigenvalue weighted by atomic mass is 10.3. The van der Waals surface area contributed by atoms with E-state index < -0.39 is 7.92 Å². The fraction of sp³-hybridized carbons (Fsp3) is 0.190. The Kier molecular flexibility index (Phi) is 4.80. The first kappa shape index (κ1) is 15.7. The van der Waals surface area contributed by atoms with Gasteiger partial charge in [-0.3, -0.25) is 0 Å². The molecule has 1 saturated heterocycles. The molecule has 1 aliphatic rings. The van der Waals surface area contributed by atoms with Crippen molar-refractivity contribution in [2.45, 2.75) is 12.7 Å². The Labute approximate surface area is 144 Å². The second-order valence-electron chi connectivity index (χ2n) is 5.80. The number of ether oxygens (including phenoxy) is 2. The first-order valence-corrected chi connectivity index (χ1v) is 9.67. The SMILES string of the molecule is c1ccc(P(c2ccccc2)c2ccc[c-]2C2OCCCO2)cc1. The largest absolute Gasteiger partial charge is 0.359 e. The van der Waals surface area contributed by atoms with E-state index in [2.05, 4.69) is 78.9 Å². The highest BCUT2D eigenvalue weighted by Crippen LogP contribution is 2.37. The van der Waals surface area contributed by atoms with Crippen LogP contribution < -0.4 is 15.9 Å². The van der Waals surface area contributed by atoms with Gasteiger partial charge in [-0.25, -0.2) is 12.1 Å². The molecule has 0 N–H and O–H groups in total. The van der Waals surface area contributed by atoms with E-state index in [4.69, 9.17) is 9.47 Å². The lowest BCUT2D eigenvalue weighted by Gasteiger charge is -2.31. The summed E-state index contributed by atoms with van der Waals surface area (Å²) >= 11 is 0. The molecule has 0 radical (unpaired) electrons. The summed E-state index contributed by atoms with van der Waals surface area (Å²) in [6.45, 7) is 1.54. The topological polar surface area (TPSA) is 18.5 Å². The van der Waals surface area contributed by atoms with Crippen LogP contribution in [-0.4, -0.2) is 13.2 Å². The maximum absolute atomic E-state index is 5.87. The first-order valence-electron chi connectivity index (χ1n) is 8.32. The highest BCUT2D eigenvalue weighted by molar-refractivity contribution is 7.79. The average molecular weight is 335 g/mol. The molecule has 122 valence electrons. The molecule has 24 heavy (non-hydrogen) atoms. The molecule has 0 atom stereocenters. The molecule has 0 aromatic heterocycles. The van der Waals surface area contributed by atoms with Crippen molar-refractivity contribution in [2.75, 3.05) is 13.2 Å². The Morgan fingerprint density at radius 3 is 1.92 bits per heavy atom. The Morgan fingerprint density at radius 1 is 0.750 bits per heavy atom. The third-order valence-electron chi connectivity index (χ3n) is 4.18. The smallest absolute Gasteiger partial charge is 0.138 e. The van der Waals surface area contributed by atoms with Gasteiger partial charge in [0.05, 0.1) is 13.2 Å². The van der Waals surface area contributed by atoms with Gasteiger partial charge in [-0.2, -0.15) is 6.07 Å². The van der Waals surface area contributed by atoms with Gasteiger partial charge < -0.3 is 9.47 Å². The second kappa shape index (κ2) is 7.36. The van der Waals surface area contributed by atoms with Crippen LogP contribution in [0.4, 0.5) is 0 Å². The quantitative estimate of drug-likeness (QED) is 0.536. The monoisotopic (exact) mass is 335 g/mol. The van der Waals surface area contributed by atoms with Gasteiger partial charge in [0, 0.05) is 0 Å². The first-order chi connectivity index (χ1) is 11.9. The van der Waals surface area contributed by atoms with Crippen LogP contribution >= 0.6 is 7.92 Å². The van der Waals surface area contributed by atoms with Gasteiger partial charge in [0.1, 0.15) is 6.29 Å². The van der Waals surface area contributed by atoms with Gasteiger partial charge in [-0.15, -0.1) is 5.30 Å². The van der Waals surface area contributed by atoms with E-state index in [-0.39, 0.29) is 6.29 Å². The van der Waals surface area contributed by atoms with E-state index in [0.717, 1.165) is 19.6 Å². The molecule has 1 heterocycles. The van der Waals surface area contributed by atoms with Crippen molar-refractivity contribution < 1.29 is 9.47 Å². The van der Waals surface area contributed by atoms with E-state index in [9.17, 15) is 0 Å². The molecule has 0 unspecified atom stereocenters. The van der Waals surface area contributed by atoms with Crippen LogP contribution in [0, 0.1) is 0 Å². The molecule has 0 amide bonds. The zero-order valence-corrected chi connectivity index (χ0v) is 14.4. The highest BCUT2D eigenvalue weighted by Gasteiger charge is 2.21. The summed E-state index contributed by atoms with van der Waals surface area (Å²) in [5, 5.41) is 4.03. The van der Waals surface area contributed by atoms with Crippen LogP contribution in [0.2, 0.25) is 0 Å². The third-order valence-corrected chi connectivity index (χ3v) is 6.69. The lowest BCUT2D eigenvalue weighted by molar-refractivity contribution is -0.182. The van der Waals surface area contributed by atoms with Crippen LogP contribution in [0.5, 0.6) is 0 Å². The maximum atomic E-state index is 5.87. The Bertz CT molecular complexity index is 721. The Balaban J connectivity index is 1.79. The minimum absolute atomic E-state index is 0.235. The molecule has 3 heteroatoms. The minimum atomic E-state index is -0.615. The second-order valence-corrected chi connectivity index (χ2v) is 7.99. The summed E-state index contributed by atoms with van der Waals surface area (Å²) in [6, 6.07) is 28.0. The van der Waals surface area contributed by atoms with Crippen molar-refractivity contribution in [1.29, 1.82) is 0 Å². The average Bonchev–Trinajstić information content (AvgIpc) is 3.14. The van der Waals surface area contributed by atoms with Gasteiger partial charge in [-0.05, 0) is 25.0 Å². The molecular formula is C21H20O2P-. The summed E-state index contributed by atoms with van der Waals surface area (Å²) in [7, 11) is -0.615. The highest BCUT2D eigenvalue weighted by atomic mass is 31.1. The van der Waals surface area contributed by atoms with Crippen LogP contribution in [-0.2, 0) is 9.47 Å². The molecule has 0 saturated carbocycles. The molecule has 4 rings (SSSR count). The predicted molar refractivity (Wildman–Crippen MR) is 100 cm³/mol. The van der Waals surface area contributed by atoms with Gasteiger partial charge >= 0.3 is 0 Å². The summed E-state index contributed by atoms with van der Waals surface area (Å²) in [6.07, 6.45) is 0.736. The van der Waals surface area contributed by atoms with Crippen LogP contribution in [0.15, 0.2) is 78.9 Å². The van der Waals surface area contributed by atoms with Gasteiger partial charge in [-0.1, -0.05) is 66.2 Å². The van der Waals surface area contributed by atoms with E-state index in [1.807, 2.05) is 0 Å². The zero-order valence-electron chi connectivity index (χ0n) is 13.5. The van der Waals surface area contributed by atoms with E-state index in [1.54, 1.807) is 0 Å².